The molecule has 0 amide bonds. The molecule has 5 rings (SSSR count). The van der Waals surface area contributed by atoms with Crippen molar-refractivity contribution >= 4 is 33.7 Å². The van der Waals surface area contributed by atoms with Gasteiger partial charge < -0.3 is 0 Å². The van der Waals surface area contributed by atoms with Gasteiger partial charge >= 0.3 is 0 Å². The topological polar surface area (TPSA) is 43.6 Å². The highest BCUT2D eigenvalue weighted by atomic mass is 32.1. The van der Waals surface area contributed by atoms with Crippen LogP contribution in [0.15, 0.2) is 71.7 Å². The second kappa shape index (κ2) is 5.91. The third kappa shape index (κ3) is 2.47. The summed E-state index contributed by atoms with van der Waals surface area (Å²) < 4.78 is 0. The van der Waals surface area contributed by atoms with Crippen LogP contribution in [0.3, 0.4) is 0 Å². The average Bonchev–Trinajstić information content (AvgIpc) is 3.42. The summed E-state index contributed by atoms with van der Waals surface area (Å²) in [6.07, 6.45) is 3.51. The van der Waals surface area contributed by atoms with Gasteiger partial charge in [-0.05, 0) is 35.0 Å². The number of hydrogen-bond acceptors (Lipinski definition) is 5. The Balaban J connectivity index is 1.81. The van der Waals surface area contributed by atoms with Gasteiger partial charge in [0, 0.05) is 33.3 Å². The number of thiophene rings is 2. The summed E-state index contributed by atoms with van der Waals surface area (Å²) in [6, 6.07) is 16.5. The summed E-state index contributed by atoms with van der Waals surface area (Å²) in [5.41, 5.74) is 4.98. The molecule has 0 saturated heterocycles. The minimum absolute atomic E-state index is 0.903. The molecule has 4 nitrogen and oxygen atoms in total. The number of fused-ring (bicyclic) bond motifs is 1. The van der Waals surface area contributed by atoms with Gasteiger partial charge in [0.1, 0.15) is 11.0 Å². The summed E-state index contributed by atoms with van der Waals surface area (Å²) in [7, 11) is 0. The van der Waals surface area contributed by atoms with Gasteiger partial charge in [-0.15, -0.1) is 32.9 Å². The Labute approximate surface area is 152 Å². The first-order chi connectivity index (χ1) is 12.4. The van der Waals surface area contributed by atoms with Crippen molar-refractivity contribution in [1.82, 2.24) is 20.0 Å². The molecule has 0 aliphatic carbocycles. The van der Waals surface area contributed by atoms with Crippen LogP contribution in [0.25, 0.3) is 37.6 Å². The van der Waals surface area contributed by atoms with E-state index in [4.69, 9.17) is 10.2 Å². The minimum Gasteiger partial charge on any atom is -0.265 e. The van der Waals surface area contributed by atoms with Gasteiger partial charge in [0.2, 0.25) is 0 Å². The summed E-state index contributed by atoms with van der Waals surface area (Å²) in [4.78, 5) is 8.17. The average molecular weight is 360 g/mol. The Kier molecular flexibility index (Phi) is 3.43. The number of rotatable bonds is 3. The molecule has 0 saturated carbocycles. The molecule has 4 heterocycles. The van der Waals surface area contributed by atoms with E-state index in [1.807, 2.05) is 12.1 Å². The van der Waals surface area contributed by atoms with Crippen molar-refractivity contribution in [2.24, 2.45) is 0 Å². The highest BCUT2D eigenvalue weighted by Crippen LogP contribution is 2.37. The SMILES string of the molecule is c1csc(-c2ccc(-c3cccs3)c3nn(-c4ccncc4)nc23)c1. The molecule has 1 aromatic carbocycles. The molecule has 0 spiro atoms. The van der Waals surface area contributed by atoms with Crippen LogP contribution in [0.1, 0.15) is 0 Å². The molecule has 4 aromatic heterocycles. The molecule has 0 aliphatic heterocycles. The van der Waals surface area contributed by atoms with Crippen LogP contribution in [-0.2, 0) is 0 Å². The van der Waals surface area contributed by atoms with Gasteiger partial charge in [-0.1, -0.05) is 24.3 Å². The summed E-state index contributed by atoms with van der Waals surface area (Å²) in [5, 5.41) is 13.8. The maximum atomic E-state index is 4.80. The van der Waals surface area contributed by atoms with Gasteiger partial charge in [0.25, 0.3) is 0 Å². The van der Waals surface area contributed by atoms with E-state index >= 15 is 0 Å². The Morgan fingerprint density at radius 2 is 1.24 bits per heavy atom. The Morgan fingerprint density at radius 1 is 0.680 bits per heavy atom. The van der Waals surface area contributed by atoms with Crippen molar-refractivity contribution in [2.45, 2.75) is 0 Å². The zero-order valence-corrected chi connectivity index (χ0v) is 14.7. The quantitative estimate of drug-likeness (QED) is 0.440. The van der Waals surface area contributed by atoms with E-state index in [0.29, 0.717) is 0 Å². The second-order valence-electron chi connectivity index (χ2n) is 5.51. The van der Waals surface area contributed by atoms with Crippen LogP contribution in [0, 0.1) is 0 Å². The normalized spacial score (nSPS) is 11.2. The van der Waals surface area contributed by atoms with Gasteiger partial charge in [-0.25, -0.2) is 0 Å². The first kappa shape index (κ1) is 14.5. The molecule has 0 aliphatic rings. The van der Waals surface area contributed by atoms with Gasteiger partial charge in [0.15, 0.2) is 0 Å². The van der Waals surface area contributed by atoms with Crippen LogP contribution in [0.5, 0.6) is 0 Å². The van der Waals surface area contributed by atoms with Crippen molar-refractivity contribution in [3.05, 3.63) is 71.7 Å². The highest BCUT2D eigenvalue weighted by molar-refractivity contribution is 7.14. The highest BCUT2D eigenvalue weighted by Gasteiger charge is 2.16. The van der Waals surface area contributed by atoms with Crippen molar-refractivity contribution in [2.75, 3.05) is 0 Å². The van der Waals surface area contributed by atoms with E-state index in [1.165, 1.54) is 9.75 Å². The molecular formula is C19H12N4S2. The van der Waals surface area contributed by atoms with Crippen molar-refractivity contribution in [3.63, 3.8) is 0 Å². The molecule has 0 radical (unpaired) electrons. The van der Waals surface area contributed by atoms with Crippen LogP contribution < -0.4 is 0 Å². The summed E-state index contributed by atoms with van der Waals surface area (Å²) >= 11 is 3.43. The van der Waals surface area contributed by atoms with E-state index in [1.54, 1.807) is 39.9 Å². The number of benzene rings is 1. The number of nitrogens with zero attached hydrogens (tertiary/aromatic N) is 4. The lowest BCUT2D eigenvalue weighted by atomic mass is 10.1. The summed E-state index contributed by atoms with van der Waals surface area (Å²) in [5.74, 6) is 0. The number of pyridine rings is 1. The maximum absolute atomic E-state index is 4.80. The van der Waals surface area contributed by atoms with E-state index in [2.05, 4.69) is 52.1 Å². The van der Waals surface area contributed by atoms with Crippen LogP contribution >= 0.6 is 22.7 Å². The monoisotopic (exact) mass is 360 g/mol. The van der Waals surface area contributed by atoms with E-state index in [0.717, 1.165) is 27.8 Å². The molecule has 6 heteroatoms. The molecule has 0 unspecified atom stereocenters. The van der Waals surface area contributed by atoms with Gasteiger partial charge in [0.05, 0.1) is 5.69 Å². The fourth-order valence-corrected chi connectivity index (χ4v) is 4.35. The lowest BCUT2D eigenvalue weighted by Gasteiger charge is -2.02. The molecular weight excluding hydrogens is 348 g/mol. The van der Waals surface area contributed by atoms with E-state index < -0.39 is 0 Å². The first-order valence-corrected chi connectivity index (χ1v) is 9.54. The van der Waals surface area contributed by atoms with E-state index in [-0.39, 0.29) is 0 Å². The lowest BCUT2D eigenvalue weighted by molar-refractivity contribution is 0.764. The van der Waals surface area contributed by atoms with Gasteiger partial charge in [-0.2, -0.15) is 4.80 Å². The molecule has 120 valence electrons. The molecule has 5 aromatic rings. The van der Waals surface area contributed by atoms with Crippen molar-refractivity contribution in [3.8, 4) is 26.6 Å². The predicted molar refractivity (Wildman–Crippen MR) is 103 cm³/mol. The summed E-state index contributed by atoms with van der Waals surface area (Å²) in [6.45, 7) is 0. The molecule has 0 fully saturated rings. The molecule has 0 N–H and O–H groups in total. The van der Waals surface area contributed by atoms with Crippen molar-refractivity contribution in [1.29, 1.82) is 0 Å². The standard InChI is InChI=1S/C19H12N4S2/c1-3-16(24-11-1)14-5-6-15(17-4-2-12-25-17)19-18(14)21-23(22-19)13-7-9-20-10-8-13/h1-12H. The first-order valence-electron chi connectivity index (χ1n) is 7.78. The number of hydrogen-bond donors (Lipinski definition) is 0. The largest absolute Gasteiger partial charge is 0.265 e. The molecule has 25 heavy (non-hydrogen) atoms. The smallest absolute Gasteiger partial charge is 0.122 e. The van der Waals surface area contributed by atoms with Crippen LogP contribution in [0.2, 0.25) is 0 Å². The minimum atomic E-state index is 0.903. The molecule has 0 atom stereocenters. The second-order valence-corrected chi connectivity index (χ2v) is 7.40. The molecule has 0 bridgehead atoms. The van der Waals surface area contributed by atoms with Gasteiger partial charge in [-0.3, -0.25) is 4.98 Å². The zero-order valence-electron chi connectivity index (χ0n) is 13.0. The Bertz CT molecular complexity index is 1060. The fraction of sp³-hybridized carbons (Fsp3) is 0. The third-order valence-corrected chi connectivity index (χ3v) is 5.81. The maximum Gasteiger partial charge on any atom is 0.122 e. The van der Waals surface area contributed by atoms with Crippen molar-refractivity contribution < 1.29 is 0 Å². The fourth-order valence-electron chi connectivity index (χ4n) is 2.85. The third-order valence-electron chi connectivity index (χ3n) is 4.01. The Morgan fingerprint density at radius 3 is 1.72 bits per heavy atom. The Hall–Kier alpha value is -2.83. The van der Waals surface area contributed by atoms with Crippen LogP contribution in [-0.4, -0.2) is 20.0 Å². The zero-order chi connectivity index (χ0) is 16.6. The van der Waals surface area contributed by atoms with Crippen LogP contribution in [0.4, 0.5) is 0 Å². The predicted octanol–water partition coefficient (Wildman–Crippen LogP) is 5.27. The lowest BCUT2D eigenvalue weighted by Crippen LogP contribution is -1.98. The number of aromatic nitrogens is 4. The van der Waals surface area contributed by atoms with E-state index in [9.17, 15) is 0 Å².